The summed E-state index contributed by atoms with van der Waals surface area (Å²) < 4.78 is 34.3. The third-order valence-corrected chi connectivity index (χ3v) is 8.19. The zero-order valence-electron chi connectivity index (χ0n) is 22.0. The molecule has 4 rings (SSSR count). The van der Waals surface area contributed by atoms with E-state index < -0.39 is 22.0 Å². The first-order valence-corrected chi connectivity index (χ1v) is 14.0. The number of fused-ring (bicyclic) bond motifs is 1. The van der Waals surface area contributed by atoms with Crippen molar-refractivity contribution in [2.24, 2.45) is 0 Å². The minimum Gasteiger partial charge on any atom is -0.480 e. The van der Waals surface area contributed by atoms with Gasteiger partial charge in [-0.15, -0.1) is 0 Å². The lowest BCUT2D eigenvalue weighted by molar-refractivity contribution is -0.138. The molecule has 0 aliphatic carbocycles. The molecule has 0 fully saturated rings. The summed E-state index contributed by atoms with van der Waals surface area (Å²) >= 11 is 0. The topological polar surface area (TPSA) is 139 Å². The molecule has 39 heavy (non-hydrogen) atoms. The summed E-state index contributed by atoms with van der Waals surface area (Å²) in [6, 6.07) is 12.4. The first kappa shape index (κ1) is 28.0. The Hall–Kier alpha value is -4.02. The third kappa shape index (κ3) is 6.71. The second kappa shape index (κ2) is 11.8. The highest BCUT2D eigenvalue weighted by Crippen LogP contribution is 2.23. The van der Waals surface area contributed by atoms with E-state index in [-0.39, 0.29) is 16.7 Å². The number of hydrogen-bond acceptors (Lipinski definition) is 7. The van der Waals surface area contributed by atoms with Crippen molar-refractivity contribution >= 4 is 32.8 Å². The number of carbonyl (C=O) groups is 1. The molecule has 0 aliphatic heterocycles. The summed E-state index contributed by atoms with van der Waals surface area (Å²) in [5.41, 5.74) is 3.16. The van der Waals surface area contributed by atoms with Gasteiger partial charge >= 0.3 is 5.97 Å². The lowest BCUT2D eigenvalue weighted by atomic mass is 10.0. The Balaban J connectivity index is 1.51. The van der Waals surface area contributed by atoms with Crippen LogP contribution in [0.2, 0.25) is 0 Å². The zero-order valence-corrected chi connectivity index (χ0v) is 22.8. The van der Waals surface area contributed by atoms with Crippen LogP contribution in [-0.2, 0) is 27.7 Å². The zero-order chi connectivity index (χ0) is 28.2. The molecule has 0 spiro atoms. The van der Waals surface area contributed by atoms with Gasteiger partial charge < -0.3 is 14.8 Å². The normalized spacial score (nSPS) is 12.4. The van der Waals surface area contributed by atoms with Crippen molar-refractivity contribution in [1.82, 2.24) is 9.71 Å². The molecule has 0 aliphatic rings. The minimum atomic E-state index is -4.11. The molecule has 1 unspecified atom stereocenters. The smallest absolute Gasteiger partial charge is 0.322 e. The Kier molecular flexibility index (Phi) is 8.47. The van der Waals surface area contributed by atoms with Gasteiger partial charge in [0.05, 0.1) is 16.5 Å². The van der Waals surface area contributed by atoms with E-state index in [0.717, 1.165) is 11.4 Å². The van der Waals surface area contributed by atoms with Gasteiger partial charge in [0, 0.05) is 18.3 Å². The van der Waals surface area contributed by atoms with E-state index in [2.05, 4.69) is 15.0 Å². The largest absolute Gasteiger partial charge is 0.480 e. The molecular weight excluding hydrogens is 518 g/mol. The van der Waals surface area contributed by atoms with Gasteiger partial charge in [0.25, 0.3) is 0 Å². The SMILES string of the molecule is Cc1cc(C)c(S(=O)(=O)NC(Cc2ccc3occ(CCCNc4ccccn4)c(=O)c3c2)C(=O)O)c(C)c1. The van der Waals surface area contributed by atoms with Crippen LogP contribution >= 0.6 is 0 Å². The van der Waals surface area contributed by atoms with Crippen LogP contribution in [0.3, 0.4) is 0 Å². The number of nitrogens with zero attached hydrogens (tertiary/aromatic N) is 1. The van der Waals surface area contributed by atoms with E-state index >= 15 is 0 Å². The van der Waals surface area contributed by atoms with Gasteiger partial charge in [-0.25, -0.2) is 13.4 Å². The molecule has 0 bridgehead atoms. The van der Waals surface area contributed by atoms with E-state index in [4.69, 9.17) is 4.42 Å². The van der Waals surface area contributed by atoms with Crippen LogP contribution in [0.4, 0.5) is 5.82 Å². The summed E-state index contributed by atoms with van der Waals surface area (Å²) in [6.07, 6.45) is 4.16. The lowest BCUT2D eigenvalue weighted by Crippen LogP contribution is -2.42. The average Bonchev–Trinajstić information content (AvgIpc) is 2.87. The maximum absolute atomic E-state index is 13.2. The third-order valence-electron chi connectivity index (χ3n) is 6.41. The Morgan fingerprint density at radius 3 is 2.49 bits per heavy atom. The molecule has 2 heterocycles. The van der Waals surface area contributed by atoms with Crippen LogP contribution in [0, 0.1) is 20.8 Å². The number of aliphatic carboxylic acids is 1. The van der Waals surface area contributed by atoms with Crippen LogP contribution < -0.4 is 15.5 Å². The van der Waals surface area contributed by atoms with E-state index in [9.17, 15) is 23.1 Å². The Morgan fingerprint density at radius 1 is 1.08 bits per heavy atom. The molecule has 0 saturated heterocycles. The maximum Gasteiger partial charge on any atom is 0.322 e. The van der Waals surface area contributed by atoms with Crippen molar-refractivity contribution in [1.29, 1.82) is 0 Å². The fourth-order valence-electron chi connectivity index (χ4n) is 4.73. The molecule has 4 aromatic rings. The lowest BCUT2D eigenvalue weighted by Gasteiger charge is -2.18. The minimum absolute atomic E-state index is 0.0701. The summed E-state index contributed by atoms with van der Waals surface area (Å²) in [7, 11) is -4.11. The molecule has 9 nitrogen and oxygen atoms in total. The number of sulfonamides is 1. The van der Waals surface area contributed by atoms with Crippen molar-refractivity contribution < 1.29 is 22.7 Å². The molecule has 1 atom stereocenters. The van der Waals surface area contributed by atoms with Gasteiger partial charge in [-0.05, 0) is 81.0 Å². The highest BCUT2D eigenvalue weighted by molar-refractivity contribution is 7.89. The standard InChI is InChI=1S/C29H31N3O6S/c1-18-13-19(2)28(20(3)14-18)39(36,37)32-24(29(34)35)16-21-9-10-25-23(15-21)27(33)22(17-38-25)7-6-12-31-26-8-4-5-11-30-26/h4-5,8-11,13-15,17,24,32H,6-7,12,16H2,1-3H3,(H,30,31)(H,34,35). The van der Waals surface area contributed by atoms with Gasteiger partial charge in [0.15, 0.2) is 5.43 Å². The van der Waals surface area contributed by atoms with Crippen LogP contribution in [0.25, 0.3) is 11.0 Å². The predicted octanol–water partition coefficient (Wildman–Crippen LogP) is 4.13. The first-order chi connectivity index (χ1) is 18.5. The highest BCUT2D eigenvalue weighted by Gasteiger charge is 2.28. The number of rotatable bonds is 11. The number of hydrogen-bond donors (Lipinski definition) is 3. The Morgan fingerprint density at radius 2 is 1.82 bits per heavy atom. The van der Waals surface area contributed by atoms with Crippen LogP contribution in [-0.4, -0.2) is 37.1 Å². The number of anilines is 1. The maximum atomic E-state index is 13.2. The second-order valence-corrected chi connectivity index (χ2v) is 11.3. The molecule has 2 aromatic heterocycles. The van der Waals surface area contributed by atoms with E-state index in [0.29, 0.717) is 52.6 Å². The molecule has 0 saturated carbocycles. The predicted molar refractivity (Wildman–Crippen MR) is 150 cm³/mol. The van der Waals surface area contributed by atoms with E-state index in [1.54, 1.807) is 50.4 Å². The van der Waals surface area contributed by atoms with Gasteiger partial charge in [0.1, 0.15) is 17.4 Å². The second-order valence-electron chi connectivity index (χ2n) is 9.61. The quantitative estimate of drug-likeness (QED) is 0.237. The van der Waals surface area contributed by atoms with E-state index in [1.165, 1.54) is 6.26 Å². The average molecular weight is 550 g/mol. The summed E-state index contributed by atoms with van der Waals surface area (Å²) in [5, 5.41) is 13.3. The van der Waals surface area contributed by atoms with Gasteiger partial charge in [-0.1, -0.05) is 29.8 Å². The fourth-order valence-corrected chi connectivity index (χ4v) is 6.37. The molecule has 10 heteroatoms. The van der Waals surface area contributed by atoms with Crippen molar-refractivity contribution in [3.05, 3.63) is 99.0 Å². The molecular formula is C29H31N3O6S. The first-order valence-electron chi connectivity index (χ1n) is 12.6. The van der Waals surface area contributed by atoms with Crippen molar-refractivity contribution in [3.8, 4) is 0 Å². The highest BCUT2D eigenvalue weighted by atomic mass is 32.2. The monoisotopic (exact) mass is 549 g/mol. The van der Waals surface area contributed by atoms with Crippen molar-refractivity contribution in [3.63, 3.8) is 0 Å². The summed E-state index contributed by atoms with van der Waals surface area (Å²) in [6.45, 7) is 5.85. The molecule has 204 valence electrons. The van der Waals surface area contributed by atoms with Gasteiger partial charge in [-0.2, -0.15) is 4.72 Å². The molecule has 3 N–H and O–H groups in total. The number of benzene rings is 2. The van der Waals surface area contributed by atoms with Crippen LogP contribution in [0.15, 0.2) is 75.1 Å². The van der Waals surface area contributed by atoms with Crippen LogP contribution in [0.5, 0.6) is 0 Å². The Bertz CT molecular complexity index is 1640. The number of carboxylic acid groups (broad SMARTS) is 1. The van der Waals surface area contributed by atoms with Crippen molar-refractivity contribution in [2.75, 3.05) is 11.9 Å². The number of nitrogens with one attached hydrogen (secondary N) is 2. The fraction of sp³-hybridized carbons (Fsp3) is 0.276. The molecule has 0 radical (unpaired) electrons. The number of aromatic nitrogens is 1. The summed E-state index contributed by atoms with van der Waals surface area (Å²) in [5.74, 6) is -0.564. The number of aryl methyl sites for hydroxylation is 4. The Labute approximate surface area is 227 Å². The van der Waals surface area contributed by atoms with Crippen molar-refractivity contribution in [2.45, 2.75) is 51.0 Å². The summed E-state index contributed by atoms with van der Waals surface area (Å²) in [4.78, 5) is 29.5. The van der Waals surface area contributed by atoms with Gasteiger partial charge in [0.2, 0.25) is 10.0 Å². The van der Waals surface area contributed by atoms with Crippen LogP contribution in [0.1, 0.15) is 34.2 Å². The number of carboxylic acids is 1. The number of pyridine rings is 1. The molecule has 2 aromatic carbocycles. The molecule has 0 amide bonds. The van der Waals surface area contributed by atoms with E-state index in [1.807, 2.05) is 25.1 Å². The van der Waals surface area contributed by atoms with Gasteiger partial charge in [-0.3, -0.25) is 9.59 Å².